The number of carbonyl (C=O) groups is 1. The van der Waals surface area contributed by atoms with Crippen LogP contribution in [0.1, 0.15) is 5.56 Å². The first-order chi connectivity index (χ1) is 9.55. The highest BCUT2D eigenvalue weighted by atomic mass is 35.5. The maximum absolute atomic E-state index is 11.1. The Morgan fingerprint density at radius 2 is 2.25 bits per heavy atom. The number of methoxy groups -OCH3 is 1. The van der Waals surface area contributed by atoms with Crippen molar-refractivity contribution in [2.45, 2.75) is 0 Å². The molecular weight excluding hydrogens is 278 g/mol. The van der Waals surface area contributed by atoms with Crippen molar-refractivity contribution in [1.82, 2.24) is 4.98 Å². The van der Waals surface area contributed by atoms with Crippen molar-refractivity contribution in [3.63, 3.8) is 0 Å². The zero-order valence-corrected chi connectivity index (χ0v) is 11.3. The highest BCUT2D eigenvalue weighted by Crippen LogP contribution is 2.25. The van der Waals surface area contributed by atoms with E-state index in [1.807, 2.05) is 0 Å². The summed E-state index contributed by atoms with van der Waals surface area (Å²) in [5.74, 6) is -0.138. The summed E-state index contributed by atoms with van der Waals surface area (Å²) in [6, 6.07) is 8.76. The van der Waals surface area contributed by atoms with E-state index in [0.29, 0.717) is 16.8 Å². The first kappa shape index (κ1) is 13.8. The van der Waals surface area contributed by atoms with E-state index < -0.39 is 5.91 Å². The molecule has 6 heteroatoms. The molecule has 1 aromatic heterocycles. The Morgan fingerprint density at radius 3 is 2.85 bits per heavy atom. The Morgan fingerprint density at radius 1 is 1.50 bits per heavy atom. The number of hydrogen-bond donors (Lipinski definition) is 1. The van der Waals surface area contributed by atoms with Crippen molar-refractivity contribution in [3.05, 3.63) is 40.6 Å². The maximum atomic E-state index is 11.1. The van der Waals surface area contributed by atoms with E-state index in [1.54, 1.807) is 37.4 Å². The maximum Gasteiger partial charge on any atom is 0.259 e. The summed E-state index contributed by atoms with van der Waals surface area (Å²) in [5, 5.41) is 9.81. The molecule has 1 amide bonds. The summed E-state index contributed by atoms with van der Waals surface area (Å²) in [6.07, 6.45) is 1.32. The minimum Gasteiger partial charge on any atom is -0.497 e. The number of halogens is 1. The predicted octanol–water partition coefficient (Wildman–Crippen LogP) is 2.29. The quantitative estimate of drug-likeness (QED) is 0.533. The van der Waals surface area contributed by atoms with Gasteiger partial charge in [-0.25, -0.2) is 4.98 Å². The van der Waals surface area contributed by atoms with Gasteiger partial charge in [0.05, 0.1) is 12.6 Å². The molecule has 0 aliphatic heterocycles. The van der Waals surface area contributed by atoms with Crippen LogP contribution in [0.2, 0.25) is 5.15 Å². The van der Waals surface area contributed by atoms with Gasteiger partial charge in [0.1, 0.15) is 22.5 Å². The molecule has 0 saturated heterocycles. The number of benzene rings is 1. The second-order valence-electron chi connectivity index (χ2n) is 3.96. The molecule has 1 heterocycles. The summed E-state index contributed by atoms with van der Waals surface area (Å²) in [4.78, 5) is 15.3. The van der Waals surface area contributed by atoms with Crippen LogP contribution in [0.15, 0.2) is 29.8 Å². The van der Waals surface area contributed by atoms with Gasteiger partial charge in [-0.2, -0.15) is 5.26 Å². The van der Waals surface area contributed by atoms with Crippen molar-refractivity contribution in [3.8, 4) is 11.8 Å². The topological polar surface area (TPSA) is 89.0 Å². The highest BCUT2D eigenvalue weighted by Gasteiger charge is 2.08. The molecule has 0 bridgehead atoms. The van der Waals surface area contributed by atoms with Crippen LogP contribution in [0.4, 0.5) is 0 Å². The largest absolute Gasteiger partial charge is 0.497 e. The van der Waals surface area contributed by atoms with Crippen LogP contribution >= 0.6 is 11.6 Å². The molecule has 0 unspecified atom stereocenters. The van der Waals surface area contributed by atoms with Gasteiger partial charge >= 0.3 is 0 Å². The number of hydrogen-bond acceptors (Lipinski definition) is 4. The Labute approximate surface area is 120 Å². The molecule has 0 spiro atoms. The fourth-order valence-corrected chi connectivity index (χ4v) is 1.89. The first-order valence-corrected chi connectivity index (χ1v) is 5.99. The van der Waals surface area contributed by atoms with Gasteiger partial charge in [0.2, 0.25) is 0 Å². The minimum atomic E-state index is -0.811. The Kier molecular flexibility index (Phi) is 3.87. The molecule has 5 nitrogen and oxygen atoms in total. The summed E-state index contributed by atoms with van der Waals surface area (Å²) < 4.78 is 5.13. The lowest BCUT2D eigenvalue weighted by atomic mass is 10.1. The molecule has 0 atom stereocenters. The van der Waals surface area contributed by atoms with Crippen LogP contribution in [0, 0.1) is 11.3 Å². The van der Waals surface area contributed by atoms with Crippen LogP contribution in [-0.4, -0.2) is 18.0 Å². The van der Waals surface area contributed by atoms with E-state index in [9.17, 15) is 4.79 Å². The van der Waals surface area contributed by atoms with Crippen molar-refractivity contribution < 1.29 is 9.53 Å². The van der Waals surface area contributed by atoms with Gasteiger partial charge in [0.15, 0.2) is 0 Å². The van der Waals surface area contributed by atoms with E-state index in [4.69, 9.17) is 27.3 Å². The number of aromatic nitrogens is 1. The van der Waals surface area contributed by atoms with Gasteiger partial charge in [0.25, 0.3) is 5.91 Å². The van der Waals surface area contributed by atoms with Crippen molar-refractivity contribution in [2.24, 2.45) is 5.73 Å². The summed E-state index contributed by atoms with van der Waals surface area (Å²) in [6.45, 7) is 0. The van der Waals surface area contributed by atoms with Crippen molar-refractivity contribution in [1.29, 1.82) is 5.26 Å². The standard InChI is InChI=1S/C14H10ClN3O2/c1-20-11-2-3-12-8(6-11)4-9(13(15)18-12)5-10(7-16)14(17)19/h2-6H,1H3,(H2,17,19)/b10-5+. The lowest BCUT2D eigenvalue weighted by molar-refractivity contribution is -0.114. The Balaban J connectivity index is 2.62. The van der Waals surface area contributed by atoms with Crippen LogP contribution in [0.25, 0.3) is 17.0 Å². The third-order valence-electron chi connectivity index (χ3n) is 2.69. The molecule has 100 valence electrons. The van der Waals surface area contributed by atoms with Crippen LogP contribution in [0.5, 0.6) is 5.75 Å². The molecule has 2 aromatic rings. The second-order valence-corrected chi connectivity index (χ2v) is 4.32. The van der Waals surface area contributed by atoms with Gasteiger partial charge in [-0.3, -0.25) is 4.79 Å². The van der Waals surface area contributed by atoms with E-state index in [2.05, 4.69) is 4.98 Å². The smallest absolute Gasteiger partial charge is 0.259 e. The van der Waals surface area contributed by atoms with E-state index in [0.717, 1.165) is 5.39 Å². The first-order valence-electron chi connectivity index (χ1n) is 5.61. The summed E-state index contributed by atoms with van der Waals surface area (Å²) >= 11 is 6.03. The number of primary amides is 1. The molecule has 1 aromatic carbocycles. The number of nitrogens with two attached hydrogens (primary N) is 1. The minimum absolute atomic E-state index is 0.184. The van der Waals surface area contributed by atoms with Gasteiger partial charge in [-0.1, -0.05) is 11.6 Å². The van der Waals surface area contributed by atoms with E-state index >= 15 is 0 Å². The number of amides is 1. The monoisotopic (exact) mass is 287 g/mol. The normalized spacial score (nSPS) is 11.2. The molecule has 0 aliphatic carbocycles. The molecule has 2 rings (SSSR count). The van der Waals surface area contributed by atoms with E-state index in [-0.39, 0.29) is 10.7 Å². The predicted molar refractivity (Wildman–Crippen MR) is 76.1 cm³/mol. The molecule has 20 heavy (non-hydrogen) atoms. The van der Waals surface area contributed by atoms with E-state index in [1.165, 1.54) is 6.08 Å². The van der Waals surface area contributed by atoms with Crippen LogP contribution < -0.4 is 10.5 Å². The SMILES string of the molecule is COc1ccc2nc(Cl)c(/C=C(\C#N)C(N)=O)cc2c1. The van der Waals surface area contributed by atoms with Gasteiger partial charge in [-0.05, 0) is 30.3 Å². The lowest BCUT2D eigenvalue weighted by Gasteiger charge is -2.05. The van der Waals surface area contributed by atoms with Gasteiger partial charge in [-0.15, -0.1) is 0 Å². The second kappa shape index (κ2) is 5.59. The average molecular weight is 288 g/mol. The Hall–Kier alpha value is -2.58. The fourth-order valence-electron chi connectivity index (χ4n) is 1.69. The van der Waals surface area contributed by atoms with Crippen molar-refractivity contribution in [2.75, 3.05) is 7.11 Å². The molecule has 0 fully saturated rings. The third-order valence-corrected chi connectivity index (χ3v) is 2.99. The van der Waals surface area contributed by atoms with Gasteiger partial charge in [0, 0.05) is 10.9 Å². The summed E-state index contributed by atoms with van der Waals surface area (Å²) in [7, 11) is 1.56. The lowest BCUT2D eigenvalue weighted by Crippen LogP contribution is -2.12. The molecule has 2 N–H and O–H groups in total. The molecule has 0 saturated carbocycles. The number of carbonyl (C=O) groups excluding carboxylic acids is 1. The third kappa shape index (κ3) is 2.71. The average Bonchev–Trinajstić information content (AvgIpc) is 2.44. The fraction of sp³-hybridized carbons (Fsp3) is 0.0714. The number of pyridine rings is 1. The number of rotatable bonds is 3. The molecular formula is C14H10ClN3O2. The number of nitrogens with zero attached hydrogens (tertiary/aromatic N) is 2. The number of ether oxygens (including phenoxy) is 1. The van der Waals surface area contributed by atoms with Crippen LogP contribution in [-0.2, 0) is 4.79 Å². The zero-order valence-electron chi connectivity index (χ0n) is 10.6. The van der Waals surface area contributed by atoms with Gasteiger partial charge < -0.3 is 10.5 Å². The molecule has 0 aliphatic rings. The molecule has 0 radical (unpaired) electrons. The Bertz CT molecular complexity index is 763. The van der Waals surface area contributed by atoms with Crippen molar-refractivity contribution >= 4 is 34.5 Å². The highest BCUT2D eigenvalue weighted by molar-refractivity contribution is 6.31. The number of fused-ring (bicyclic) bond motifs is 1. The van der Waals surface area contributed by atoms with Crippen LogP contribution in [0.3, 0.4) is 0 Å². The summed E-state index contributed by atoms with van der Waals surface area (Å²) in [5.41, 5.74) is 6.04. The number of nitriles is 1. The zero-order chi connectivity index (χ0) is 14.7.